The van der Waals surface area contributed by atoms with Crippen LogP contribution in [0.4, 0.5) is 0 Å². The van der Waals surface area contributed by atoms with Crippen molar-refractivity contribution in [2.24, 2.45) is 0 Å². The summed E-state index contributed by atoms with van der Waals surface area (Å²) >= 11 is 0. The van der Waals surface area contributed by atoms with E-state index in [0.717, 1.165) is 58.2 Å². The molecule has 1 aromatic rings. The number of hydrogen-bond donors (Lipinski definition) is 1. The van der Waals surface area contributed by atoms with Gasteiger partial charge in [-0.2, -0.15) is 0 Å². The van der Waals surface area contributed by atoms with Gasteiger partial charge in [-0.05, 0) is 57.2 Å². The van der Waals surface area contributed by atoms with Crippen molar-refractivity contribution in [2.45, 2.75) is 51.0 Å². The smallest absolute Gasteiger partial charge is 0.0660 e. The van der Waals surface area contributed by atoms with Gasteiger partial charge in [-0.25, -0.2) is 0 Å². The molecule has 0 spiro atoms. The average molecular weight is 261 g/mol. The van der Waals surface area contributed by atoms with Crippen LogP contribution in [-0.2, 0) is 6.42 Å². The zero-order valence-corrected chi connectivity index (χ0v) is 12.1. The van der Waals surface area contributed by atoms with Crippen LogP contribution < -0.4 is 0 Å². The molecule has 0 aliphatic carbocycles. The summed E-state index contributed by atoms with van der Waals surface area (Å²) in [5.41, 5.74) is 0.966. The highest BCUT2D eigenvalue weighted by Crippen LogP contribution is 2.27. The number of hydrogen-bond acceptors (Lipinski definition) is 2. The van der Waals surface area contributed by atoms with Crippen LogP contribution in [-0.4, -0.2) is 35.2 Å². The standard InChI is InChI=1S/C17H27NO/c1-2-18-14-7-12-17(19,13-15-18)11-6-10-16-8-4-3-5-9-16/h3-5,8-9,19H,2,6-7,10-15H2,1H3. The SMILES string of the molecule is CCN1CCCC(O)(CCCc2ccccc2)CC1. The Labute approximate surface area is 117 Å². The topological polar surface area (TPSA) is 23.5 Å². The first-order chi connectivity index (χ1) is 9.22. The summed E-state index contributed by atoms with van der Waals surface area (Å²) in [7, 11) is 0. The van der Waals surface area contributed by atoms with Gasteiger partial charge in [0.1, 0.15) is 0 Å². The fraction of sp³-hybridized carbons (Fsp3) is 0.647. The first-order valence-corrected chi connectivity index (χ1v) is 7.70. The Morgan fingerprint density at radius 3 is 2.68 bits per heavy atom. The zero-order chi connectivity index (χ0) is 13.6. The van der Waals surface area contributed by atoms with E-state index in [-0.39, 0.29) is 0 Å². The first-order valence-electron chi connectivity index (χ1n) is 7.70. The van der Waals surface area contributed by atoms with Gasteiger partial charge in [0.2, 0.25) is 0 Å². The number of likely N-dealkylation sites (tertiary alicyclic amines) is 1. The highest BCUT2D eigenvalue weighted by molar-refractivity contribution is 5.14. The number of aliphatic hydroxyl groups is 1. The summed E-state index contributed by atoms with van der Waals surface area (Å²) in [6, 6.07) is 10.6. The van der Waals surface area contributed by atoms with E-state index in [1.54, 1.807) is 0 Å². The third-order valence-corrected chi connectivity index (χ3v) is 4.41. The second-order valence-corrected chi connectivity index (χ2v) is 5.85. The molecule has 1 aromatic carbocycles. The zero-order valence-electron chi connectivity index (χ0n) is 12.1. The van der Waals surface area contributed by atoms with Gasteiger partial charge < -0.3 is 10.0 Å². The van der Waals surface area contributed by atoms with Gasteiger partial charge >= 0.3 is 0 Å². The lowest BCUT2D eigenvalue weighted by Crippen LogP contribution is -2.31. The van der Waals surface area contributed by atoms with Crippen molar-refractivity contribution < 1.29 is 5.11 Å². The molecule has 2 heteroatoms. The highest BCUT2D eigenvalue weighted by Gasteiger charge is 2.28. The molecule has 1 aliphatic rings. The van der Waals surface area contributed by atoms with Crippen LogP contribution in [0.15, 0.2) is 30.3 Å². The fourth-order valence-corrected chi connectivity index (χ4v) is 3.07. The molecule has 0 saturated carbocycles. The quantitative estimate of drug-likeness (QED) is 0.879. The Morgan fingerprint density at radius 2 is 1.95 bits per heavy atom. The summed E-state index contributed by atoms with van der Waals surface area (Å²) in [4.78, 5) is 2.45. The lowest BCUT2D eigenvalue weighted by Gasteiger charge is -2.27. The minimum atomic E-state index is -0.418. The molecule has 0 aromatic heterocycles. The van der Waals surface area contributed by atoms with Gasteiger partial charge in [0.05, 0.1) is 5.60 Å². The Morgan fingerprint density at radius 1 is 1.16 bits per heavy atom. The molecule has 1 atom stereocenters. The van der Waals surface area contributed by atoms with Gasteiger partial charge in [0.15, 0.2) is 0 Å². The maximum atomic E-state index is 10.7. The maximum absolute atomic E-state index is 10.7. The van der Waals surface area contributed by atoms with Crippen molar-refractivity contribution in [1.82, 2.24) is 4.90 Å². The molecule has 0 amide bonds. The molecule has 0 bridgehead atoms. The van der Waals surface area contributed by atoms with Gasteiger partial charge in [-0.1, -0.05) is 37.3 Å². The van der Waals surface area contributed by atoms with Gasteiger partial charge in [-0.3, -0.25) is 0 Å². The Hall–Kier alpha value is -0.860. The summed E-state index contributed by atoms with van der Waals surface area (Å²) in [6.07, 6.45) is 6.16. The molecule has 2 nitrogen and oxygen atoms in total. The fourth-order valence-electron chi connectivity index (χ4n) is 3.07. The normalized spacial score (nSPS) is 25.2. The van der Waals surface area contributed by atoms with E-state index < -0.39 is 5.60 Å². The van der Waals surface area contributed by atoms with Crippen molar-refractivity contribution in [1.29, 1.82) is 0 Å². The van der Waals surface area contributed by atoms with Crippen molar-refractivity contribution in [3.05, 3.63) is 35.9 Å². The molecular formula is C17H27NO. The van der Waals surface area contributed by atoms with E-state index in [0.29, 0.717) is 0 Å². The molecule has 1 N–H and O–H groups in total. The summed E-state index contributed by atoms with van der Waals surface area (Å²) in [5.74, 6) is 0. The maximum Gasteiger partial charge on any atom is 0.0660 e. The van der Waals surface area contributed by atoms with Crippen LogP contribution in [0.25, 0.3) is 0 Å². The molecule has 0 radical (unpaired) electrons. The van der Waals surface area contributed by atoms with E-state index in [1.165, 1.54) is 5.56 Å². The number of benzene rings is 1. The van der Waals surface area contributed by atoms with E-state index in [1.807, 2.05) is 0 Å². The molecule has 1 saturated heterocycles. The first kappa shape index (κ1) is 14.5. The summed E-state index contributed by atoms with van der Waals surface area (Å²) < 4.78 is 0. The van der Waals surface area contributed by atoms with Crippen LogP contribution in [0.5, 0.6) is 0 Å². The van der Waals surface area contributed by atoms with Crippen LogP contribution in [0.2, 0.25) is 0 Å². The summed E-state index contributed by atoms with van der Waals surface area (Å²) in [6.45, 7) is 5.52. The predicted molar refractivity (Wildman–Crippen MR) is 80.3 cm³/mol. The Bertz CT molecular complexity index is 365. The van der Waals surface area contributed by atoms with E-state index in [9.17, 15) is 5.11 Å². The van der Waals surface area contributed by atoms with Crippen molar-refractivity contribution in [3.63, 3.8) is 0 Å². The molecule has 2 rings (SSSR count). The van der Waals surface area contributed by atoms with Crippen LogP contribution in [0.1, 0.15) is 44.6 Å². The van der Waals surface area contributed by atoms with Crippen LogP contribution >= 0.6 is 0 Å². The van der Waals surface area contributed by atoms with E-state index in [4.69, 9.17) is 0 Å². The lowest BCUT2D eigenvalue weighted by molar-refractivity contribution is 0.0153. The number of aryl methyl sites for hydroxylation is 1. The predicted octanol–water partition coefficient (Wildman–Crippen LogP) is 3.25. The third-order valence-electron chi connectivity index (χ3n) is 4.41. The monoisotopic (exact) mass is 261 g/mol. The molecule has 1 aliphatic heterocycles. The average Bonchev–Trinajstić information content (AvgIpc) is 2.62. The Kier molecular flexibility index (Phi) is 5.41. The number of nitrogens with zero attached hydrogens (tertiary/aromatic N) is 1. The second-order valence-electron chi connectivity index (χ2n) is 5.85. The third kappa shape index (κ3) is 4.63. The highest BCUT2D eigenvalue weighted by atomic mass is 16.3. The van der Waals surface area contributed by atoms with Crippen LogP contribution in [0, 0.1) is 0 Å². The van der Waals surface area contributed by atoms with Crippen molar-refractivity contribution in [2.75, 3.05) is 19.6 Å². The second kappa shape index (κ2) is 7.06. The molecule has 1 unspecified atom stereocenters. The minimum absolute atomic E-state index is 0.418. The van der Waals surface area contributed by atoms with Gasteiger partial charge in [0.25, 0.3) is 0 Å². The molecule has 19 heavy (non-hydrogen) atoms. The number of rotatable bonds is 5. The van der Waals surface area contributed by atoms with Crippen molar-refractivity contribution in [3.8, 4) is 0 Å². The molecule has 106 valence electrons. The van der Waals surface area contributed by atoms with Crippen LogP contribution in [0.3, 0.4) is 0 Å². The van der Waals surface area contributed by atoms with Gasteiger partial charge in [-0.15, -0.1) is 0 Å². The minimum Gasteiger partial charge on any atom is -0.390 e. The van der Waals surface area contributed by atoms with E-state index >= 15 is 0 Å². The van der Waals surface area contributed by atoms with Gasteiger partial charge in [0, 0.05) is 6.54 Å². The molecular weight excluding hydrogens is 234 g/mol. The largest absolute Gasteiger partial charge is 0.390 e. The van der Waals surface area contributed by atoms with Crippen molar-refractivity contribution >= 4 is 0 Å². The lowest BCUT2D eigenvalue weighted by atomic mass is 9.88. The Balaban J connectivity index is 1.78. The summed E-state index contributed by atoms with van der Waals surface area (Å²) in [5, 5.41) is 10.7. The molecule has 1 heterocycles. The van der Waals surface area contributed by atoms with E-state index in [2.05, 4.69) is 42.2 Å². The molecule has 1 fully saturated rings.